The maximum absolute atomic E-state index is 12.7. The lowest BCUT2D eigenvalue weighted by Crippen LogP contribution is -2.52. The second-order valence-corrected chi connectivity index (χ2v) is 6.46. The van der Waals surface area contributed by atoms with E-state index >= 15 is 0 Å². The number of hydrogen-bond acceptors (Lipinski definition) is 5. The Bertz CT molecular complexity index is 803. The van der Waals surface area contributed by atoms with Crippen LogP contribution in [0, 0.1) is 0 Å². The van der Waals surface area contributed by atoms with Crippen molar-refractivity contribution in [2.24, 2.45) is 0 Å². The van der Waals surface area contributed by atoms with Gasteiger partial charge < -0.3 is 14.6 Å². The van der Waals surface area contributed by atoms with Crippen LogP contribution in [0.1, 0.15) is 16.8 Å². The van der Waals surface area contributed by atoms with Crippen LogP contribution in [0.4, 0.5) is 0 Å². The Balaban J connectivity index is 1.50. The highest BCUT2D eigenvalue weighted by molar-refractivity contribution is 5.96. The molecule has 2 aliphatic heterocycles. The van der Waals surface area contributed by atoms with E-state index < -0.39 is 5.63 Å². The zero-order valence-electron chi connectivity index (χ0n) is 13.5. The highest BCUT2D eigenvalue weighted by atomic mass is 16.4. The molecule has 2 aromatic rings. The second kappa shape index (κ2) is 6.37. The first-order valence-corrected chi connectivity index (χ1v) is 8.49. The maximum Gasteiger partial charge on any atom is 0.349 e. The number of piperazine rings is 1. The van der Waals surface area contributed by atoms with Crippen LogP contribution in [0.2, 0.25) is 0 Å². The van der Waals surface area contributed by atoms with Crippen LogP contribution in [0.25, 0.3) is 11.0 Å². The molecular weight excluding hydrogens is 306 g/mol. The molecule has 2 saturated heterocycles. The van der Waals surface area contributed by atoms with Gasteiger partial charge in [0.05, 0.1) is 0 Å². The molecule has 1 aromatic heterocycles. The van der Waals surface area contributed by atoms with Crippen LogP contribution in [0.5, 0.6) is 0 Å². The van der Waals surface area contributed by atoms with Gasteiger partial charge in [0.25, 0.3) is 5.91 Å². The summed E-state index contributed by atoms with van der Waals surface area (Å²) in [6.45, 7) is 5.13. The largest absolute Gasteiger partial charge is 0.422 e. The lowest BCUT2D eigenvalue weighted by atomic mass is 10.1. The number of hydrogen-bond donors (Lipinski definition) is 1. The molecular formula is C18H21N3O3. The van der Waals surface area contributed by atoms with Gasteiger partial charge in [-0.15, -0.1) is 0 Å². The molecule has 1 amide bonds. The summed E-state index contributed by atoms with van der Waals surface area (Å²) >= 11 is 0. The van der Waals surface area contributed by atoms with E-state index in [2.05, 4.69) is 10.2 Å². The van der Waals surface area contributed by atoms with E-state index in [-0.39, 0.29) is 11.5 Å². The fourth-order valence-electron chi connectivity index (χ4n) is 3.62. The molecule has 0 spiro atoms. The Morgan fingerprint density at radius 2 is 1.96 bits per heavy atom. The first kappa shape index (κ1) is 15.4. The van der Waals surface area contributed by atoms with E-state index in [0.29, 0.717) is 24.7 Å². The van der Waals surface area contributed by atoms with Crippen molar-refractivity contribution >= 4 is 16.9 Å². The SMILES string of the molecule is O=C(c1cc2ccccc2oc1=O)N1CCN(C2CCNC2)CC1. The summed E-state index contributed by atoms with van der Waals surface area (Å²) in [5, 5.41) is 4.15. The predicted molar refractivity (Wildman–Crippen MR) is 91.2 cm³/mol. The summed E-state index contributed by atoms with van der Waals surface area (Å²) in [4.78, 5) is 29.1. The molecule has 0 aliphatic carbocycles. The van der Waals surface area contributed by atoms with Gasteiger partial charge in [-0.1, -0.05) is 18.2 Å². The van der Waals surface area contributed by atoms with Crippen LogP contribution in [-0.4, -0.2) is 61.0 Å². The van der Waals surface area contributed by atoms with Crippen LogP contribution in [0.15, 0.2) is 39.5 Å². The number of para-hydroxylation sites is 1. The molecule has 2 aliphatic rings. The van der Waals surface area contributed by atoms with Crippen molar-refractivity contribution in [1.29, 1.82) is 0 Å². The Labute approximate surface area is 140 Å². The lowest BCUT2D eigenvalue weighted by Gasteiger charge is -2.37. The molecule has 0 bridgehead atoms. The molecule has 1 atom stereocenters. The first-order chi connectivity index (χ1) is 11.7. The van der Waals surface area contributed by atoms with E-state index in [4.69, 9.17) is 4.42 Å². The summed E-state index contributed by atoms with van der Waals surface area (Å²) in [6, 6.07) is 9.48. The molecule has 0 radical (unpaired) electrons. The number of benzene rings is 1. The predicted octanol–water partition coefficient (Wildman–Crippen LogP) is 0.913. The van der Waals surface area contributed by atoms with Crippen LogP contribution < -0.4 is 10.9 Å². The normalized spacial score (nSPS) is 22.2. The molecule has 6 nitrogen and oxygen atoms in total. The zero-order chi connectivity index (χ0) is 16.5. The van der Waals surface area contributed by atoms with Gasteiger partial charge in [0, 0.05) is 44.2 Å². The van der Waals surface area contributed by atoms with Gasteiger partial charge in [-0.3, -0.25) is 9.69 Å². The average Bonchev–Trinajstić information content (AvgIpc) is 3.15. The van der Waals surface area contributed by atoms with Gasteiger partial charge in [-0.25, -0.2) is 4.79 Å². The van der Waals surface area contributed by atoms with Gasteiger partial charge >= 0.3 is 5.63 Å². The molecule has 1 unspecified atom stereocenters. The summed E-state index contributed by atoms with van der Waals surface area (Å²) in [5.74, 6) is -0.223. The molecule has 3 heterocycles. The van der Waals surface area contributed by atoms with Gasteiger partial charge in [0.15, 0.2) is 0 Å². The highest BCUT2D eigenvalue weighted by Gasteiger charge is 2.29. The second-order valence-electron chi connectivity index (χ2n) is 6.46. The van der Waals surface area contributed by atoms with Gasteiger partial charge in [-0.05, 0) is 25.1 Å². The fraction of sp³-hybridized carbons (Fsp3) is 0.444. The number of nitrogens with zero attached hydrogens (tertiary/aromatic N) is 2. The summed E-state index contributed by atoms with van der Waals surface area (Å²) in [7, 11) is 0. The standard InChI is InChI=1S/C18H21N3O3/c22-17(15-11-13-3-1-2-4-16(13)24-18(15)23)21-9-7-20(8-10-21)14-5-6-19-12-14/h1-4,11,14,19H,5-10,12H2. The minimum Gasteiger partial charge on any atom is -0.422 e. The van der Waals surface area contributed by atoms with Crippen LogP contribution >= 0.6 is 0 Å². The van der Waals surface area contributed by atoms with E-state index in [1.54, 1.807) is 17.0 Å². The summed E-state index contributed by atoms with van der Waals surface area (Å²) in [6.07, 6.45) is 1.17. The summed E-state index contributed by atoms with van der Waals surface area (Å²) < 4.78 is 5.29. The molecule has 1 aromatic carbocycles. The van der Waals surface area contributed by atoms with Gasteiger partial charge in [0.2, 0.25) is 0 Å². The van der Waals surface area contributed by atoms with Crippen molar-refractivity contribution in [2.75, 3.05) is 39.3 Å². The van der Waals surface area contributed by atoms with Gasteiger partial charge in [-0.2, -0.15) is 0 Å². The van der Waals surface area contributed by atoms with E-state index in [1.807, 2.05) is 18.2 Å². The number of carbonyl (C=O) groups excluding carboxylic acids is 1. The molecule has 1 N–H and O–H groups in total. The number of nitrogens with one attached hydrogen (secondary N) is 1. The third-order valence-electron chi connectivity index (χ3n) is 5.02. The van der Waals surface area contributed by atoms with Crippen LogP contribution in [0.3, 0.4) is 0 Å². The molecule has 2 fully saturated rings. The maximum atomic E-state index is 12.7. The number of carbonyl (C=O) groups is 1. The lowest BCUT2D eigenvalue weighted by molar-refractivity contribution is 0.0580. The quantitative estimate of drug-likeness (QED) is 0.831. The highest BCUT2D eigenvalue weighted by Crippen LogP contribution is 2.16. The Morgan fingerprint density at radius 3 is 2.71 bits per heavy atom. The summed E-state index contributed by atoms with van der Waals surface area (Å²) in [5.41, 5.74) is 0.0865. The van der Waals surface area contributed by atoms with E-state index in [0.717, 1.165) is 31.6 Å². The van der Waals surface area contributed by atoms with Crippen molar-refractivity contribution < 1.29 is 9.21 Å². The van der Waals surface area contributed by atoms with Gasteiger partial charge in [0.1, 0.15) is 11.1 Å². The Morgan fingerprint density at radius 1 is 1.17 bits per heavy atom. The number of fused-ring (bicyclic) bond motifs is 1. The minimum atomic E-state index is -0.555. The monoisotopic (exact) mass is 327 g/mol. The first-order valence-electron chi connectivity index (χ1n) is 8.49. The minimum absolute atomic E-state index is 0.129. The zero-order valence-corrected chi connectivity index (χ0v) is 13.5. The topological polar surface area (TPSA) is 65.8 Å². The third-order valence-corrected chi connectivity index (χ3v) is 5.02. The average molecular weight is 327 g/mol. The molecule has 126 valence electrons. The number of rotatable bonds is 2. The molecule has 4 rings (SSSR count). The van der Waals surface area contributed by atoms with Crippen molar-refractivity contribution in [1.82, 2.24) is 15.1 Å². The van der Waals surface area contributed by atoms with Crippen molar-refractivity contribution in [3.05, 3.63) is 46.3 Å². The fourth-order valence-corrected chi connectivity index (χ4v) is 3.62. The smallest absolute Gasteiger partial charge is 0.349 e. The molecule has 6 heteroatoms. The Hall–Kier alpha value is -2.18. The van der Waals surface area contributed by atoms with Crippen molar-refractivity contribution in [2.45, 2.75) is 12.5 Å². The third kappa shape index (κ3) is 2.83. The van der Waals surface area contributed by atoms with E-state index in [1.165, 1.54) is 6.42 Å². The van der Waals surface area contributed by atoms with Crippen molar-refractivity contribution in [3.8, 4) is 0 Å². The number of amides is 1. The Kier molecular flexibility index (Phi) is 4.08. The molecule has 0 saturated carbocycles. The van der Waals surface area contributed by atoms with E-state index in [9.17, 15) is 9.59 Å². The molecule has 24 heavy (non-hydrogen) atoms. The van der Waals surface area contributed by atoms with Crippen LogP contribution in [-0.2, 0) is 0 Å². The van der Waals surface area contributed by atoms with Crippen molar-refractivity contribution in [3.63, 3.8) is 0 Å².